The van der Waals surface area contributed by atoms with Gasteiger partial charge >= 0.3 is 0 Å². The molecular formula is C24H36N4O2. The average Bonchev–Trinajstić information content (AvgIpc) is 2.77. The van der Waals surface area contributed by atoms with Crippen LogP contribution in [0.2, 0.25) is 0 Å². The Kier molecular flexibility index (Phi) is 10.7. The van der Waals surface area contributed by atoms with Crippen LogP contribution in [0, 0.1) is 5.92 Å². The summed E-state index contributed by atoms with van der Waals surface area (Å²) < 4.78 is 10.7. The number of nitrogens with zero attached hydrogens (tertiary/aromatic N) is 2. The SMILES string of the molecule is CCOCCCNC(=NCc1ccc(OC)cc1)NCC(c1cccnc1)C(C)C. The minimum Gasteiger partial charge on any atom is -0.497 e. The molecule has 0 bridgehead atoms. The van der Waals surface area contributed by atoms with E-state index in [0.717, 1.165) is 50.0 Å². The van der Waals surface area contributed by atoms with Gasteiger partial charge in [0.25, 0.3) is 0 Å². The predicted molar refractivity (Wildman–Crippen MR) is 123 cm³/mol. The summed E-state index contributed by atoms with van der Waals surface area (Å²) in [5.74, 6) is 2.51. The van der Waals surface area contributed by atoms with E-state index < -0.39 is 0 Å². The van der Waals surface area contributed by atoms with E-state index in [0.29, 0.717) is 18.4 Å². The van der Waals surface area contributed by atoms with Crippen molar-refractivity contribution in [1.82, 2.24) is 15.6 Å². The summed E-state index contributed by atoms with van der Waals surface area (Å²) in [6, 6.07) is 12.1. The largest absolute Gasteiger partial charge is 0.497 e. The molecule has 1 aromatic carbocycles. The van der Waals surface area contributed by atoms with Crippen molar-refractivity contribution in [2.45, 2.75) is 39.7 Å². The van der Waals surface area contributed by atoms with Gasteiger partial charge in [0.05, 0.1) is 13.7 Å². The summed E-state index contributed by atoms with van der Waals surface area (Å²) in [7, 11) is 1.68. The molecule has 0 aliphatic heterocycles. The lowest BCUT2D eigenvalue weighted by molar-refractivity contribution is 0.145. The fraction of sp³-hybridized carbons (Fsp3) is 0.500. The van der Waals surface area contributed by atoms with Crippen molar-refractivity contribution >= 4 is 5.96 Å². The molecule has 2 rings (SSSR count). The number of nitrogens with one attached hydrogen (secondary N) is 2. The Morgan fingerprint density at radius 1 is 1.13 bits per heavy atom. The zero-order valence-corrected chi connectivity index (χ0v) is 18.7. The van der Waals surface area contributed by atoms with Gasteiger partial charge in [-0.3, -0.25) is 4.98 Å². The number of hydrogen-bond donors (Lipinski definition) is 2. The van der Waals surface area contributed by atoms with E-state index in [4.69, 9.17) is 14.5 Å². The maximum Gasteiger partial charge on any atom is 0.191 e. The maximum atomic E-state index is 5.43. The van der Waals surface area contributed by atoms with E-state index in [2.05, 4.69) is 35.5 Å². The lowest BCUT2D eigenvalue weighted by Crippen LogP contribution is -2.41. The first-order valence-corrected chi connectivity index (χ1v) is 10.8. The lowest BCUT2D eigenvalue weighted by Gasteiger charge is -2.23. The third kappa shape index (κ3) is 8.41. The van der Waals surface area contributed by atoms with Gasteiger partial charge in [-0.05, 0) is 48.6 Å². The van der Waals surface area contributed by atoms with Crippen LogP contribution in [0.4, 0.5) is 0 Å². The first-order chi connectivity index (χ1) is 14.6. The Morgan fingerprint density at radius 3 is 2.57 bits per heavy atom. The predicted octanol–water partition coefficient (Wildman–Crippen LogP) is 3.99. The maximum absolute atomic E-state index is 5.43. The highest BCUT2D eigenvalue weighted by Gasteiger charge is 2.16. The minimum atomic E-state index is 0.357. The normalized spacial score (nSPS) is 12.6. The molecule has 1 aromatic heterocycles. The van der Waals surface area contributed by atoms with Gasteiger partial charge < -0.3 is 20.1 Å². The highest BCUT2D eigenvalue weighted by Crippen LogP contribution is 2.22. The standard InChI is InChI=1S/C24H36N4O2/c1-5-30-15-7-14-26-24(27-16-20-9-11-22(29-4)12-10-20)28-18-23(19(2)3)21-8-6-13-25-17-21/h6,8-13,17,19,23H,5,7,14-16,18H2,1-4H3,(H2,26,27,28). The van der Waals surface area contributed by atoms with E-state index in [-0.39, 0.29) is 0 Å². The van der Waals surface area contributed by atoms with Crippen molar-refractivity contribution in [2.75, 3.05) is 33.4 Å². The van der Waals surface area contributed by atoms with E-state index in [1.165, 1.54) is 5.56 Å². The summed E-state index contributed by atoms with van der Waals surface area (Å²) in [6.45, 7) is 10.2. The van der Waals surface area contributed by atoms with Crippen LogP contribution < -0.4 is 15.4 Å². The zero-order chi connectivity index (χ0) is 21.6. The summed E-state index contributed by atoms with van der Waals surface area (Å²) in [5, 5.41) is 6.96. The van der Waals surface area contributed by atoms with Crippen molar-refractivity contribution in [3.63, 3.8) is 0 Å². The van der Waals surface area contributed by atoms with Gasteiger partial charge in [0, 0.05) is 44.6 Å². The highest BCUT2D eigenvalue weighted by molar-refractivity contribution is 5.79. The van der Waals surface area contributed by atoms with E-state index in [9.17, 15) is 0 Å². The van der Waals surface area contributed by atoms with Crippen LogP contribution in [0.3, 0.4) is 0 Å². The molecule has 0 fully saturated rings. The first kappa shape index (κ1) is 23.7. The topological polar surface area (TPSA) is 67.8 Å². The van der Waals surface area contributed by atoms with Crippen LogP contribution >= 0.6 is 0 Å². The lowest BCUT2D eigenvalue weighted by atomic mass is 9.89. The molecule has 30 heavy (non-hydrogen) atoms. The van der Waals surface area contributed by atoms with Crippen LogP contribution in [0.1, 0.15) is 44.2 Å². The third-order valence-electron chi connectivity index (χ3n) is 4.95. The van der Waals surface area contributed by atoms with Crippen LogP contribution in [0.5, 0.6) is 5.75 Å². The van der Waals surface area contributed by atoms with Gasteiger partial charge in [-0.2, -0.15) is 0 Å². The first-order valence-electron chi connectivity index (χ1n) is 10.8. The molecule has 0 aliphatic carbocycles. The van der Waals surface area contributed by atoms with Crippen molar-refractivity contribution in [2.24, 2.45) is 10.9 Å². The van der Waals surface area contributed by atoms with Crippen LogP contribution in [0.25, 0.3) is 0 Å². The van der Waals surface area contributed by atoms with Crippen LogP contribution in [-0.2, 0) is 11.3 Å². The van der Waals surface area contributed by atoms with E-state index in [1.54, 1.807) is 7.11 Å². The average molecular weight is 413 g/mol. The smallest absolute Gasteiger partial charge is 0.191 e. The molecule has 6 heteroatoms. The molecule has 0 spiro atoms. The fourth-order valence-corrected chi connectivity index (χ4v) is 3.14. The molecule has 1 atom stereocenters. The van der Waals surface area contributed by atoms with Crippen molar-refractivity contribution in [3.8, 4) is 5.75 Å². The number of ether oxygens (including phenoxy) is 2. The quantitative estimate of drug-likeness (QED) is 0.313. The van der Waals surface area contributed by atoms with Crippen LogP contribution in [0.15, 0.2) is 53.8 Å². The molecule has 2 N–H and O–H groups in total. The Balaban J connectivity index is 2.01. The Labute approximate surface area is 181 Å². The number of pyridine rings is 1. The van der Waals surface area contributed by atoms with Gasteiger partial charge in [0.15, 0.2) is 5.96 Å². The molecule has 164 valence electrons. The van der Waals surface area contributed by atoms with Gasteiger partial charge in [-0.15, -0.1) is 0 Å². The van der Waals surface area contributed by atoms with Gasteiger partial charge in [-0.25, -0.2) is 4.99 Å². The summed E-state index contributed by atoms with van der Waals surface area (Å²) in [6.07, 6.45) is 4.71. The molecule has 0 aliphatic rings. The van der Waals surface area contributed by atoms with Crippen molar-refractivity contribution < 1.29 is 9.47 Å². The molecular weight excluding hydrogens is 376 g/mol. The number of rotatable bonds is 12. The number of hydrogen-bond acceptors (Lipinski definition) is 4. The highest BCUT2D eigenvalue weighted by atomic mass is 16.5. The summed E-state index contributed by atoms with van der Waals surface area (Å²) in [5.41, 5.74) is 2.38. The Hall–Kier alpha value is -2.60. The number of guanidine groups is 1. The molecule has 6 nitrogen and oxygen atoms in total. The van der Waals surface area contributed by atoms with Crippen molar-refractivity contribution in [3.05, 3.63) is 59.9 Å². The number of benzene rings is 1. The van der Waals surface area contributed by atoms with E-state index in [1.807, 2.05) is 49.6 Å². The zero-order valence-electron chi connectivity index (χ0n) is 18.7. The molecule has 0 radical (unpaired) electrons. The molecule has 1 unspecified atom stereocenters. The molecule has 0 saturated heterocycles. The van der Waals surface area contributed by atoms with Gasteiger partial charge in [0.1, 0.15) is 5.75 Å². The van der Waals surface area contributed by atoms with E-state index >= 15 is 0 Å². The summed E-state index contributed by atoms with van der Waals surface area (Å²) >= 11 is 0. The van der Waals surface area contributed by atoms with Crippen LogP contribution in [-0.4, -0.2) is 44.4 Å². The monoisotopic (exact) mass is 412 g/mol. The van der Waals surface area contributed by atoms with Gasteiger partial charge in [0.2, 0.25) is 0 Å². The van der Waals surface area contributed by atoms with Crippen molar-refractivity contribution in [1.29, 1.82) is 0 Å². The number of methoxy groups -OCH3 is 1. The molecule has 0 amide bonds. The second-order valence-corrected chi connectivity index (χ2v) is 7.51. The number of aromatic nitrogens is 1. The second kappa shape index (κ2) is 13.6. The Bertz CT molecular complexity index is 733. The summed E-state index contributed by atoms with van der Waals surface area (Å²) in [4.78, 5) is 9.07. The molecule has 2 aromatic rings. The fourth-order valence-electron chi connectivity index (χ4n) is 3.14. The number of aliphatic imine (C=N–C) groups is 1. The Morgan fingerprint density at radius 2 is 1.93 bits per heavy atom. The third-order valence-corrected chi connectivity index (χ3v) is 4.95. The van der Waals surface area contributed by atoms with Gasteiger partial charge in [-0.1, -0.05) is 32.0 Å². The molecule has 0 saturated carbocycles. The molecule has 1 heterocycles. The second-order valence-electron chi connectivity index (χ2n) is 7.51. The minimum absolute atomic E-state index is 0.357.